The molecule has 0 atom stereocenters. The van der Waals surface area contributed by atoms with Gasteiger partial charge in [0.25, 0.3) is 0 Å². The van der Waals surface area contributed by atoms with E-state index in [2.05, 4.69) is 12.2 Å². The van der Waals surface area contributed by atoms with Gasteiger partial charge in [-0.15, -0.1) is 0 Å². The lowest BCUT2D eigenvalue weighted by molar-refractivity contribution is -0.134. The fourth-order valence-electron chi connectivity index (χ4n) is 0.779. The van der Waals surface area contributed by atoms with Gasteiger partial charge in [-0.3, -0.25) is 4.79 Å². The number of carbonyl (C=O) groups excluding carboxylic acids is 1. The second-order valence-electron chi connectivity index (χ2n) is 2.31. The first-order valence-corrected chi connectivity index (χ1v) is 4.07. The summed E-state index contributed by atoms with van der Waals surface area (Å²) in [5, 5.41) is 0. The number of thiocarbonyl (C=S) groups is 1. The van der Waals surface area contributed by atoms with Crippen LogP contribution in [0.25, 0.3) is 0 Å². The van der Waals surface area contributed by atoms with Gasteiger partial charge in [0.2, 0.25) is 5.91 Å². The average molecular weight is 190 g/mol. The zero-order chi connectivity index (χ0) is 9.56. The van der Waals surface area contributed by atoms with E-state index >= 15 is 0 Å². The highest BCUT2D eigenvalue weighted by Gasteiger charge is 2.10. The molecule has 0 bridgehead atoms. The molecule has 0 aromatic rings. The maximum Gasteiger partial charge on any atom is 0.248 e. The minimum Gasteiger partial charge on any atom is -0.392 e. The van der Waals surface area contributed by atoms with E-state index in [1.807, 2.05) is 6.92 Å². The molecule has 0 saturated heterocycles. The maximum absolute atomic E-state index is 11.2. The highest BCUT2D eigenvalue weighted by Crippen LogP contribution is 1.89. The lowest BCUT2D eigenvalue weighted by atomic mass is 10.4. The van der Waals surface area contributed by atoms with Crippen molar-refractivity contribution < 1.29 is 9.53 Å². The van der Waals surface area contributed by atoms with Crippen molar-refractivity contribution >= 4 is 23.1 Å². The zero-order valence-electron chi connectivity index (χ0n) is 7.37. The first kappa shape index (κ1) is 11.3. The molecule has 70 valence electrons. The molecule has 2 N–H and O–H groups in total. The quantitative estimate of drug-likeness (QED) is 0.608. The van der Waals surface area contributed by atoms with Crippen molar-refractivity contribution in [2.45, 2.75) is 6.92 Å². The first-order chi connectivity index (χ1) is 5.61. The predicted molar refractivity (Wildman–Crippen MR) is 50.9 cm³/mol. The number of hydrogen-bond acceptors (Lipinski definition) is 3. The minimum atomic E-state index is -0.0900. The van der Waals surface area contributed by atoms with Gasteiger partial charge in [-0.2, -0.15) is 0 Å². The molecule has 4 nitrogen and oxygen atoms in total. The van der Waals surface area contributed by atoms with Crippen molar-refractivity contribution in [1.29, 1.82) is 0 Å². The van der Waals surface area contributed by atoms with Crippen LogP contribution in [0.3, 0.4) is 0 Å². The molecule has 1 amide bonds. The molecule has 0 rings (SSSR count). The van der Waals surface area contributed by atoms with Crippen LogP contribution in [0.4, 0.5) is 0 Å². The number of likely N-dealkylation sites (N-methyl/N-ethyl adjacent to an activating group) is 1. The van der Waals surface area contributed by atoms with Crippen LogP contribution < -0.4 is 5.73 Å². The number of amides is 1. The molecule has 0 unspecified atom stereocenters. The molecule has 0 spiro atoms. The average Bonchev–Trinajstić information content (AvgIpc) is 2.00. The first-order valence-electron chi connectivity index (χ1n) is 3.66. The summed E-state index contributed by atoms with van der Waals surface area (Å²) in [4.78, 5) is 13.1. The van der Waals surface area contributed by atoms with Crippen LogP contribution in [0, 0.1) is 0 Å². The third-order valence-corrected chi connectivity index (χ3v) is 1.48. The Balaban J connectivity index is 3.96. The van der Waals surface area contributed by atoms with E-state index in [1.165, 1.54) is 7.11 Å². The topological polar surface area (TPSA) is 55.6 Å². The summed E-state index contributed by atoms with van der Waals surface area (Å²) in [6.07, 6.45) is 0. The molecule has 0 aliphatic rings. The maximum atomic E-state index is 11.2. The van der Waals surface area contributed by atoms with Gasteiger partial charge in [-0.25, -0.2) is 0 Å². The lowest BCUT2D eigenvalue weighted by Gasteiger charge is -2.19. The fourth-order valence-corrected chi connectivity index (χ4v) is 0.935. The number of methoxy groups -OCH3 is 1. The monoisotopic (exact) mass is 190 g/mol. The molecule has 0 aromatic carbocycles. The van der Waals surface area contributed by atoms with Crippen LogP contribution in [0.5, 0.6) is 0 Å². The van der Waals surface area contributed by atoms with E-state index in [0.717, 1.165) is 0 Å². The second-order valence-corrected chi connectivity index (χ2v) is 2.83. The molecular weight excluding hydrogens is 176 g/mol. The number of nitrogens with two attached hydrogens (primary N) is 1. The van der Waals surface area contributed by atoms with Crippen molar-refractivity contribution in [1.82, 2.24) is 4.90 Å². The van der Waals surface area contributed by atoms with Gasteiger partial charge in [0.1, 0.15) is 6.61 Å². The number of ether oxygens (including phenoxy) is 1. The molecule has 0 radical (unpaired) electrons. The van der Waals surface area contributed by atoms with Gasteiger partial charge in [0.15, 0.2) is 0 Å². The lowest BCUT2D eigenvalue weighted by Crippen LogP contribution is -2.39. The summed E-state index contributed by atoms with van der Waals surface area (Å²) in [7, 11) is 1.48. The number of rotatable bonds is 5. The molecule has 0 heterocycles. The molecule has 0 saturated carbocycles. The smallest absolute Gasteiger partial charge is 0.248 e. The molecule has 0 aromatic heterocycles. The van der Waals surface area contributed by atoms with Crippen molar-refractivity contribution in [3.63, 3.8) is 0 Å². The molecular formula is C7H14N2O2S. The minimum absolute atomic E-state index is 0.0798. The number of carbonyl (C=O) groups is 1. The van der Waals surface area contributed by atoms with Gasteiger partial charge in [0, 0.05) is 13.7 Å². The second kappa shape index (κ2) is 5.91. The SMILES string of the molecule is CCN(CC(N)=S)C(=O)COC. The normalized spacial score (nSPS) is 9.50. The summed E-state index contributed by atoms with van der Waals surface area (Å²) in [5.41, 5.74) is 5.30. The molecule has 0 aliphatic carbocycles. The van der Waals surface area contributed by atoms with E-state index in [9.17, 15) is 4.79 Å². The van der Waals surface area contributed by atoms with Gasteiger partial charge in [-0.1, -0.05) is 12.2 Å². The highest BCUT2D eigenvalue weighted by atomic mass is 32.1. The van der Waals surface area contributed by atoms with Crippen LogP contribution in [0.2, 0.25) is 0 Å². The Bertz CT molecular complexity index is 173. The molecule has 0 fully saturated rings. The molecule has 12 heavy (non-hydrogen) atoms. The van der Waals surface area contributed by atoms with Gasteiger partial charge < -0.3 is 15.4 Å². The van der Waals surface area contributed by atoms with Gasteiger partial charge in [-0.05, 0) is 6.92 Å². The predicted octanol–water partition coefficient (Wildman–Crippen LogP) is -0.233. The van der Waals surface area contributed by atoms with Crippen LogP contribution >= 0.6 is 12.2 Å². The Kier molecular flexibility index (Phi) is 5.57. The number of hydrogen-bond donors (Lipinski definition) is 1. The van der Waals surface area contributed by atoms with Crippen molar-refractivity contribution in [3.05, 3.63) is 0 Å². The van der Waals surface area contributed by atoms with E-state index in [4.69, 9.17) is 10.5 Å². The van der Waals surface area contributed by atoms with Crippen molar-refractivity contribution in [2.24, 2.45) is 5.73 Å². The Morgan fingerprint density at radius 1 is 1.67 bits per heavy atom. The highest BCUT2D eigenvalue weighted by molar-refractivity contribution is 7.80. The Morgan fingerprint density at radius 2 is 2.25 bits per heavy atom. The Labute approximate surface area is 77.7 Å². The fraction of sp³-hybridized carbons (Fsp3) is 0.714. The Morgan fingerprint density at radius 3 is 2.58 bits per heavy atom. The van der Waals surface area contributed by atoms with Crippen LogP contribution in [-0.4, -0.2) is 42.6 Å². The summed E-state index contributed by atoms with van der Waals surface area (Å²) >= 11 is 4.68. The molecule has 5 heteroatoms. The third kappa shape index (κ3) is 4.25. The van der Waals surface area contributed by atoms with Crippen LogP contribution in [-0.2, 0) is 9.53 Å². The Hall–Kier alpha value is -0.680. The third-order valence-electron chi connectivity index (χ3n) is 1.35. The molecule has 0 aliphatic heterocycles. The van der Waals surface area contributed by atoms with Gasteiger partial charge >= 0.3 is 0 Å². The van der Waals surface area contributed by atoms with Crippen molar-refractivity contribution in [3.8, 4) is 0 Å². The van der Waals surface area contributed by atoms with E-state index in [1.54, 1.807) is 4.90 Å². The van der Waals surface area contributed by atoms with Crippen LogP contribution in [0.15, 0.2) is 0 Å². The summed E-state index contributed by atoms with van der Waals surface area (Å²) in [5.74, 6) is -0.0900. The standard InChI is InChI=1S/C7H14N2O2S/c1-3-9(4-6(8)12)7(10)5-11-2/h3-5H2,1-2H3,(H2,8,12). The number of nitrogens with zero attached hydrogens (tertiary/aromatic N) is 1. The van der Waals surface area contributed by atoms with E-state index in [0.29, 0.717) is 18.1 Å². The summed E-state index contributed by atoms with van der Waals surface area (Å²) in [6.45, 7) is 2.87. The van der Waals surface area contributed by atoms with Crippen LogP contribution in [0.1, 0.15) is 6.92 Å². The van der Waals surface area contributed by atoms with Crippen molar-refractivity contribution in [2.75, 3.05) is 26.8 Å². The van der Waals surface area contributed by atoms with Gasteiger partial charge in [0.05, 0.1) is 11.5 Å². The van der Waals surface area contributed by atoms with E-state index in [-0.39, 0.29) is 12.5 Å². The summed E-state index contributed by atoms with van der Waals surface area (Å²) in [6, 6.07) is 0. The largest absolute Gasteiger partial charge is 0.392 e. The zero-order valence-corrected chi connectivity index (χ0v) is 8.19. The summed E-state index contributed by atoms with van der Waals surface area (Å²) < 4.78 is 4.69. The van der Waals surface area contributed by atoms with E-state index < -0.39 is 0 Å².